The van der Waals surface area contributed by atoms with Crippen molar-refractivity contribution in [2.24, 2.45) is 17.8 Å². The summed E-state index contributed by atoms with van der Waals surface area (Å²) in [4.78, 5) is 2.58. The molecule has 3 nitrogen and oxygen atoms in total. The van der Waals surface area contributed by atoms with Crippen LogP contribution < -0.4 is 5.32 Å². The molecule has 0 spiro atoms. The smallest absolute Gasteiger partial charge is 0.0855 e. The van der Waals surface area contributed by atoms with Gasteiger partial charge >= 0.3 is 0 Å². The van der Waals surface area contributed by atoms with Gasteiger partial charge in [-0.25, -0.2) is 0 Å². The standard InChI is InChI=1S/C18H34N2O/c1-4-19-17(11-16-10-14-5-6-15(16)9-14)18-12-20(13(2)3)7-8-21-18/h13-19H,4-12H2,1-3H3. The second-order valence-corrected chi connectivity index (χ2v) is 7.83. The van der Waals surface area contributed by atoms with Crippen LogP contribution in [-0.4, -0.2) is 49.3 Å². The maximum absolute atomic E-state index is 6.16. The zero-order valence-corrected chi connectivity index (χ0v) is 14.2. The Kier molecular flexibility index (Phi) is 5.23. The molecule has 3 aliphatic rings. The Morgan fingerprint density at radius 2 is 2.10 bits per heavy atom. The lowest BCUT2D eigenvalue weighted by atomic mass is 9.83. The summed E-state index contributed by atoms with van der Waals surface area (Å²) in [6.07, 6.45) is 7.75. The van der Waals surface area contributed by atoms with Crippen molar-refractivity contribution in [1.29, 1.82) is 0 Å². The van der Waals surface area contributed by atoms with Crippen molar-refractivity contribution in [2.45, 2.75) is 71.1 Å². The summed E-state index contributed by atoms with van der Waals surface area (Å²) in [6, 6.07) is 1.20. The molecule has 2 bridgehead atoms. The molecule has 3 rings (SSSR count). The van der Waals surface area contributed by atoms with Gasteiger partial charge in [-0.05, 0) is 63.8 Å². The number of nitrogens with zero attached hydrogens (tertiary/aromatic N) is 1. The number of nitrogens with one attached hydrogen (secondary N) is 1. The van der Waals surface area contributed by atoms with Gasteiger partial charge in [-0.1, -0.05) is 13.3 Å². The monoisotopic (exact) mass is 294 g/mol. The van der Waals surface area contributed by atoms with E-state index in [1.54, 1.807) is 0 Å². The molecule has 2 saturated carbocycles. The van der Waals surface area contributed by atoms with Crippen molar-refractivity contribution in [1.82, 2.24) is 10.2 Å². The summed E-state index contributed by atoms with van der Waals surface area (Å²) < 4.78 is 6.16. The third kappa shape index (κ3) is 3.62. The highest BCUT2D eigenvalue weighted by Gasteiger charge is 2.41. The van der Waals surface area contributed by atoms with E-state index in [-0.39, 0.29) is 0 Å². The molecular weight excluding hydrogens is 260 g/mol. The van der Waals surface area contributed by atoms with E-state index >= 15 is 0 Å². The van der Waals surface area contributed by atoms with Crippen molar-refractivity contribution < 1.29 is 4.74 Å². The molecule has 1 N–H and O–H groups in total. The zero-order valence-electron chi connectivity index (χ0n) is 14.2. The van der Waals surface area contributed by atoms with E-state index in [0.29, 0.717) is 18.2 Å². The molecule has 5 unspecified atom stereocenters. The van der Waals surface area contributed by atoms with Gasteiger partial charge in [0, 0.05) is 25.2 Å². The maximum Gasteiger partial charge on any atom is 0.0855 e. The number of ether oxygens (including phenoxy) is 1. The van der Waals surface area contributed by atoms with E-state index in [1.165, 1.54) is 32.1 Å². The Balaban J connectivity index is 1.58. The van der Waals surface area contributed by atoms with Crippen LogP contribution in [0.4, 0.5) is 0 Å². The predicted molar refractivity (Wildman–Crippen MR) is 87.5 cm³/mol. The number of hydrogen-bond donors (Lipinski definition) is 1. The molecule has 3 heteroatoms. The molecule has 0 amide bonds. The lowest BCUT2D eigenvalue weighted by molar-refractivity contribution is -0.0594. The highest BCUT2D eigenvalue weighted by molar-refractivity contribution is 4.94. The van der Waals surface area contributed by atoms with Gasteiger partial charge in [0.2, 0.25) is 0 Å². The van der Waals surface area contributed by atoms with Gasteiger partial charge in [0.1, 0.15) is 0 Å². The highest BCUT2D eigenvalue weighted by atomic mass is 16.5. The summed E-state index contributed by atoms with van der Waals surface area (Å²) in [7, 11) is 0. The fourth-order valence-electron chi connectivity index (χ4n) is 5.03. The molecule has 122 valence electrons. The lowest BCUT2D eigenvalue weighted by Crippen LogP contribution is -2.54. The van der Waals surface area contributed by atoms with Crippen LogP contribution in [0, 0.1) is 17.8 Å². The first-order valence-corrected chi connectivity index (χ1v) is 9.26. The van der Waals surface area contributed by atoms with Crippen LogP contribution in [0.15, 0.2) is 0 Å². The minimum Gasteiger partial charge on any atom is -0.374 e. The van der Waals surface area contributed by atoms with E-state index in [1.807, 2.05) is 0 Å². The average molecular weight is 294 g/mol. The molecule has 21 heavy (non-hydrogen) atoms. The van der Waals surface area contributed by atoms with E-state index < -0.39 is 0 Å². The van der Waals surface area contributed by atoms with Gasteiger partial charge in [0.15, 0.2) is 0 Å². The van der Waals surface area contributed by atoms with Crippen molar-refractivity contribution in [3.8, 4) is 0 Å². The minimum atomic E-state index is 0.389. The van der Waals surface area contributed by atoms with E-state index in [4.69, 9.17) is 4.74 Å². The fourth-order valence-corrected chi connectivity index (χ4v) is 5.03. The zero-order chi connectivity index (χ0) is 14.8. The van der Waals surface area contributed by atoms with Gasteiger partial charge < -0.3 is 10.1 Å². The second kappa shape index (κ2) is 6.97. The van der Waals surface area contributed by atoms with Crippen LogP contribution >= 0.6 is 0 Å². The molecule has 0 aromatic rings. The predicted octanol–water partition coefficient (Wildman–Crippen LogP) is 2.90. The molecule has 0 aromatic carbocycles. The largest absolute Gasteiger partial charge is 0.374 e. The van der Waals surface area contributed by atoms with Gasteiger partial charge in [0.05, 0.1) is 12.7 Å². The molecule has 1 heterocycles. The normalized spacial score (nSPS) is 38.3. The molecule has 0 radical (unpaired) electrons. The lowest BCUT2D eigenvalue weighted by Gasteiger charge is -2.40. The van der Waals surface area contributed by atoms with Gasteiger partial charge in [-0.15, -0.1) is 0 Å². The first-order valence-electron chi connectivity index (χ1n) is 9.26. The summed E-state index contributed by atoms with van der Waals surface area (Å²) in [5.74, 6) is 3.05. The number of rotatable bonds is 6. The summed E-state index contributed by atoms with van der Waals surface area (Å²) in [6.45, 7) is 11.0. The highest BCUT2D eigenvalue weighted by Crippen LogP contribution is 2.50. The fraction of sp³-hybridized carbons (Fsp3) is 1.00. The first-order chi connectivity index (χ1) is 10.2. The SMILES string of the molecule is CCNC(CC1CC2CCC1C2)C1CN(C(C)C)CCO1. The Morgan fingerprint density at radius 1 is 1.24 bits per heavy atom. The van der Waals surface area contributed by atoms with Crippen molar-refractivity contribution in [2.75, 3.05) is 26.2 Å². The van der Waals surface area contributed by atoms with E-state index in [2.05, 4.69) is 31.0 Å². The Morgan fingerprint density at radius 3 is 2.71 bits per heavy atom. The first kappa shape index (κ1) is 15.8. The van der Waals surface area contributed by atoms with Crippen molar-refractivity contribution in [3.63, 3.8) is 0 Å². The second-order valence-electron chi connectivity index (χ2n) is 7.83. The molecule has 5 atom stereocenters. The van der Waals surface area contributed by atoms with Crippen molar-refractivity contribution in [3.05, 3.63) is 0 Å². The van der Waals surface area contributed by atoms with Gasteiger partial charge in [0.25, 0.3) is 0 Å². The third-order valence-corrected chi connectivity index (χ3v) is 6.21. The van der Waals surface area contributed by atoms with Crippen LogP contribution in [0.3, 0.4) is 0 Å². The quantitative estimate of drug-likeness (QED) is 0.815. The molecule has 3 fully saturated rings. The Labute approximate surface area is 130 Å². The molecule has 1 saturated heterocycles. The Hall–Kier alpha value is -0.120. The summed E-state index contributed by atoms with van der Waals surface area (Å²) >= 11 is 0. The minimum absolute atomic E-state index is 0.389. The number of likely N-dealkylation sites (N-methyl/N-ethyl adjacent to an activating group) is 1. The average Bonchev–Trinajstić information content (AvgIpc) is 3.09. The summed E-state index contributed by atoms with van der Waals surface area (Å²) in [5.41, 5.74) is 0. The number of fused-ring (bicyclic) bond motifs is 2. The molecular formula is C18H34N2O. The number of hydrogen-bond acceptors (Lipinski definition) is 3. The van der Waals surface area contributed by atoms with Crippen LogP contribution in [-0.2, 0) is 4.74 Å². The van der Waals surface area contributed by atoms with E-state index in [0.717, 1.165) is 44.0 Å². The van der Waals surface area contributed by atoms with Gasteiger partial charge in [-0.2, -0.15) is 0 Å². The van der Waals surface area contributed by atoms with Crippen LogP contribution in [0.5, 0.6) is 0 Å². The van der Waals surface area contributed by atoms with Crippen molar-refractivity contribution >= 4 is 0 Å². The number of morpholine rings is 1. The Bertz CT molecular complexity index is 333. The summed E-state index contributed by atoms with van der Waals surface area (Å²) in [5, 5.41) is 3.75. The van der Waals surface area contributed by atoms with Gasteiger partial charge in [-0.3, -0.25) is 4.90 Å². The van der Waals surface area contributed by atoms with Crippen LogP contribution in [0.2, 0.25) is 0 Å². The molecule has 1 aliphatic heterocycles. The third-order valence-electron chi connectivity index (χ3n) is 6.21. The topological polar surface area (TPSA) is 24.5 Å². The van der Waals surface area contributed by atoms with E-state index in [9.17, 15) is 0 Å². The molecule has 2 aliphatic carbocycles. The molecule has 0 aromatic heterocycles. The van der Waals surface area contributed by atoms with Crippen LogP contribution in [0.25, 0.3) is 0 Å². The van der Waals surface area contributed by atoms with Crippen LogP contribution in [0.1, 0.15) is 52.9 Å². The maximum atomic E-state index is 6.16.